The molecule has 0 aromatic carbocycles. The molecule has 3 heterocycles. The zero-order valence-corrected chi connectivity index (χ0v) is 8.58. The Morgan fingerprint density at radius 2 is 1.73 bits per heavy atom. The fraction of sp³-hybridized carbons (Fsp3) is 0.636. The number of hydrogen-bond acceptors (Lipinski definition) is 4. The molecule has 4 heteroatoms. The lowest BCUT2D eigenvalue weighted by molar-refractivity contribution is 0.125. The average molecular weight is 205 g/mol. The molecular weight excluding hydrogens is 190 g/mol. The maximum Gasteiger partial charge on any atom is 0.225 e. The largest absolute Gasteiger partial charge is 0.393 e. The summed E-state index contributed by atoms with van der Waals surface area (Å²) in [4.78, 5) is 10.9. The van der Waals surface area contributed by atoms with Gasteiger partial charge in [0.2, 0.25) is 5.95 Å². The minimum absolute atomic E-state index is 0.123. The summed E-state index contributed by atoms with van der Waals surface area (Å²) < 4.78 is 0. The van der Waals surface area contributed by atoms with Crippen LogP contribution >= 0.6 is 0 Å². The predicted octanol–water partition coefficient (Wildman–Crippen LogP) is 0.969. The van der Waals surface area contributed by atoms with E-state index < -0.39 is 0 Å². The lowest BCUT2D eigenvalue weighted by atomic mass is 10.0. The molecule has 80 valence electrons. The van der Waals surface area contributed by atoms with E-state index in [0.29, 0.717) is 12.1 Å². The van der Waals surface area contributed by atoms with Crippen LogP contribution in [-0.4, -0.2) is 33.3 Å². The van der Waals surface area contributed by atoms with Crippen LogP contribution in [0.25, 0.3) is 0 Å². The number of aromatic nitrogens is 2. The molecule has 2 aliphatic rings. The summed E-state index contributed by atoms with van der Waals surface area (Å²) in [5.74, 6) is 0.830. The van der Waals surface area contributed by atoms with E-state index in [1.807, 2.05) is 6.07 Å². The number of aliphatic hydroxyl groups excluding tert-OH is 1. The number of fused-ring (bicyclic) bond motifs is 2. The van der Waals surface area contributed by atoms with Gasteiger partial charge in [0.05, 0.1) is 6.10 Å². The third kappa shape index (κ3) is 1.49. The third-order valence-electron chi connectivity index (χ3n) is 3.49. The molecule has 2 bridgehead atoms. The second-order valence-electron chi connectivity index (χ2n) is 4.47. The molecule has 0 radical (unpaired) electrons. The first kappa shape index (κ1) is 9.09. The van der Waals surface area contributed by atoms with Gasteiger partial charge in [0, 0.05) is 24.5 Å². The van der Waals surface area contributed by atoms with Crippen molar-refractivity contribution in [1.29, 1.82) is 0 Å². The van der Waals surface area contributed by atoms with Crippen molar-refractivity contribution >= 4 is 5.95 Å². The molecule has 1 N–H and O–H groups in total. The monoisotopic (exact) mass is 205 g/mol. The molecule has 2 aliphatic heterocycles. The summed E-state index contributed by atoms with van der Waals surface area (Å²) >= 11 is 0. The Bertz CT molecular complexity index is 329. The van der Waals surface area contributed by atoms with Crippen LogP contribution in [0.15, 0.2) is 18.5 Å². The molecule has 4 nitrogen and oxygen atoms in total. The first-order valence-corrected chi connectivity index (χ1v) is 5.58. The van der Waals surface area contributed by atoms with E-state index in [1.54, 1.807) is 12.4 Å². The van der Waals surface area contributed by atoms with Crippen LogP contribution in [0.3, 0.4) is 0 Å². The fourth-order valence-electron chi connectivity index (χ4n) is 2.90. The Kier molecular flexibility index (Phi) is 2.09. The predicted molar refractivity (Wildman–Crippen MR) is 56.6 cm³/mol. The molecule has 1 aromatic rings. The van der Waals surface area contributed by atoms with Gasteiger partial charge < -0.3 is 10.0 Å². The highest BCUT2D eigenvalue weighted by atomic mass is 16.3. The SMILES string of the molecule is OC1CC2CCC(C1)N2c1ncccn1. The van der Waals surface area contributed by atoms with Gasteiger partial charge in [0.1, 0.15) is 0 Å². The Morgan fingerprint density at radius 1 is 1.13 bits per heavy atom. The van der Waals surface area contributed by atoms with Crippen molar-refractivity contribution in [1.82, 2.24) is 9.97 Å². The molecule has 0 amide bonds. The van der Waals surface area contributed by atoms with Gasteiger partial charge in [0.15, 0.2) is 0 Å². The van der Waals surface area contributed by atoms with E-state index in [-0.39, 0.29) is 6.10 Å². The smallest absolute Gasteiger partial charge is 0.225 e. The molecular formula is C11H15N3O. The van der Waals surface area contributed by atoms with Gasteiger partial charge in [-0.3, -0.25) is 0 Å². The van der Waals surface area contributed by atoms with Crippen LogP contribution in [0.1, 0.15) is 25.7 Å². The van der Waals surface area contributed by atoms with Crippen LogP contribution in [-0.2, 0) is 0 Å². The van der Waals surface area contributed by atoms with Gasteiger partial charge in [-0.25, -0.2) is 9.97 Å². The van der Waals surface area contributed by atoms with Crippen LogP contribution < -0.4 is 4.90 Å². The van der Waals surface area contributed by atoms with Crippen molar-refractivity contribution < 1.29 is 5.11 Å². The Hall–Kier alpha value is -1.16. The van der Waals surface area contributed by atoms with Crippen molar-refractivity contribution in [2.75, 3.05) is 4.90 Å². The van der Waals surface area contributed by atoms with Gasteiger partial charge in [-0.05, 0) is 31.7 Å². The second kappa shape index (κ2) is 3.45. The summed E-state index contributed by atoms with van der Waals surface area (Å²) in [6.07, 6.45) is 7.52. The number of hydrogen-bond donors (Lipinski definition) is 1. The highest BCUT2D eigenvalue weighted by molar-refractivity contribution is 5.36. The molecule has 2 unspecified atom stereocenters. The van der Waals surface area contributed by atoms with Gasteiger partial charge >= 0.3 is 0 Å². The van der Waals surface area contributed by atoms with Crippen LogP contribution in [0.4, 0.5) is 5.95 Å². The Balaban J connectivity index is 1.89. The quantitative estimate of drug-likeness (QED) is 0.742. The van der Waals surface area contributed by atoms with Crippen LogP contribution in [0.5, 0.6) is 0 Å². The zero-order chi connectivity index (χ0) is 10.3. The summed E-state index contributed by atoms with van der Waals surface area (Å²) in [5, 5.41) is 9.69. The van der Waals surface area contributed by atoms with Gasteiger partial charge in [0.25, 0.3) is 0 Å². The molecule has 1 aromatic heterocycles. The number of aliphatic hydroxyl groups is 1. The van der Waals surface area contributed by atoms with Gasteiger partial charge in [-0.1, -0.05) is 0 Å². The standard InChI is InChI=1S/C11H15N3O/c15-10-6-8-2-3-9(7-10)14(8)11-12-4-1-5-13-11/h1,4-5,8-10,15H,2-3,6-7H2. The zero-order valence-electron chi connectivity index (χ0n) is 8.58. The van der Waals surface area contributed by atoms with E-state index >= 15 is 0 Å². The molecule has 0 aliphatic carbocycles. The average Bonchev–Trinajstić information content (AvgIpc) is 2.53. The molecule has 2 saturated heterocycles. The molecule has 2 atom stereocenters. The van der Waals surface area contributed by atoms with Crippen molar-refractivity contribution in [3.8, 4) is 0 Å². The normalized spacial score (nSPS) is 34.5. The van der Waals surface area contributed by atoms with Crippen molar-refractivity contribution in [2.45, 2.75) is 43.9 Å². The third-order valence-corrected chi connectivity index (χ3v) is 3.49. The number of nitrogens with zero attached hydrogens (tertiary/aromatic N) is 3. The first-order valence-electron chi connectivity index (χ1n) is 5.58. The van der Waals surface area contributed by atoms with E-state index in [9.17, 15) is 5.11 Å². The molecule has 15 heavy (non-hydrogen) atoms. The molecule has 3 rings (SSSR count). The Labute approximate surface area is 89.0 Å². The lowest BCUT2D eigenvalue weighted by Crippen LogP contribution is -2.45. The lowest BCUT2D eigenvalue weighted by Gasteiger charge is -2.37. The van der Waals surface area contributed by atoms with E-state index in [0.717, 1.165) is 18.8 Å². The second-order valence-corrected chi connectivity index (χ2v) is 4.47. The van der Waals surface area contributed by atoms with Crippen molar-refractivity contribution in [3.63, 3.8) is 0 Å². The topological polar surface area (TPSA) is 49.2 Å². The maximum atomic E-state index is 9.69. The summed E-state index contributed by atoms with van der Waals surface area (Å²) in [6.45, 7) is 0. The Morgan fingerprint density at radius 3 is 2.33 bits per heavy atom. The molecule has 0 spiro atoms. The first-order chi connectivity index (χ1) is 7.34. The molecule has 2 fully saturated rings. The minimum atomic E-state index is -0.123. The van der Waals surface area contributed by atoms with Crippen molar-refractivity contribution in [3.05, 3.63) is 18.5 Å². The maximum absolute atomic E-state index is 9.69. The summed E-state index contributed by atoms with van der Waals surface area (Å²) in [7, 11) is 0. The van der Waals surface area contributed by atoms with Crippen LogP contribution in [0, 0.1) is 0 Å². The number of rotatable bonds is 1. The highest BCUT2D eigenvalue weighted by Gasteiger charge is 2.41. The number of piperidine rings is 1. The summed E-state index contributed by atoms with van der Waals surface area (Å²) in [5.41, 5.74) is 0. The van der Waals surface area contributed by atoms with Crippen LogP contribution in [0.2, 0.25) is 0 Å². The van der Waals surface area contributed by atoms with E-state index in [4.69, 9.17) is 0 Å². The van der Waals surface area contributed by atoms with Gasteiger partial charge in [-0.15, -0.1) is 0 Å². The fourth-order valence-corrected chi connectivity index (χ4v) is 2.90. The summed E-state index contributed by atoms with van der Waals surface area (Å²) in [6, 6.07) is 2.73. The van der Waals surface area contributed by atoms with E-state index in [1.165, 1.54) is 12.8 Å². The molecule has 0 saturated carbocycles. The van der Waals surface area contributed by atoms with Gasteiger partial charge in [-0.2, -0.15) is 0 Å². The minimum Gasteiger partial charge on any atom is -0.393 e. The highest BCUT2D eigenvalue weighted by Crippen LogP contribution is 2.37. The number of anilines is 1. The van der Waals surface area contributed by atoms with E-state index in [2.05, 4.69) is 14.9 Å². The van der Waals surface area contributed by atoms with Crippen molar-refractivity contribution in [2.24, 2.45) is 0 Å².